The van der Waals surface area contributed by atoms with Crippen LogP contribution in [0, 0.1) is 11.3 Å². The summed E-state index contributed by atoms with van der Waals surface area (Å²) in [5.74, 6) is 0.807. The molecule has 0 bridgehead atoms. The van der Waals surface area contributed by atoms with Gasteiger partial charge < -0.3 is 20.1 Å². The highest BCUT2D eigenvalue weighted by atomic mass is 16.5. The van der Waals surface area contributed by atoms with Gasteiger partial charge in [-0.1, -0.05) is 24.3 Å². The average Bonchev–Trinajstić information content (AvgIpc) is 2.94. The predicted octanol–water partition coefficient (Wildman–Crippen LogP) is 6.62. The van der Waals surface area contributed by atoms with Crippen molar-refractivity contribution in [3.8, 4) is 17.6 Å². The molecule has 0 unspecified atom stereocenters. The number of hydrogen-bond acceptors (Lipinski definition) is 7. The van der Waals surface area contributed by atoms with E-state index < -0.39 is 0 Å². The number of carbonyl (C=O) groups excluding carboxylic acids is 2. The lowest BCUT2D eigenvalue weighted by Crippen LogP contribution is -2.24. The molecule has 5 rings (SSSR count). The van der Waals surface area contributed by atoms with Crippen molar-refractivity contribution in [2.45, 2.75) is 13.8 Å². The first-order chi connectivity index (χ1) is 18.5. The Morgan fingerprint density at radius 1 is 0.711 bits per heavy atom. The number of nitrogens with zero attached hydrogens (tertiary/aromatic N) is 1. The first kappa shape index (κ1) is 24.6. The van der Waals surface area contributed by atoms with Crippen LogP contribution < -0.4 is 20.1 Å². The van der Waals surface area contributed by atoms with E-state index in [4.69, 9.17) is 9.47 Å². The Hall–Kier alpha value is -5.09. The second-order valence-electron chi connectivity index (χ2n) is 8.58. The molecule has 0 amide bonds. The van der Waals surface area contributed by atoms with Gasteiger partial charge in [0.15, 0.2) is 11.6 Å². The molecule has 2 N–H and O–H groups in total. The number of nitriles is 1. The zero-order chi connectivity index (χ0) is 26.6. The van der Waals surface area contributed by atoms with Gasteiger partial charge in [-0.15, -0.1) is 0 Å². The molecule has 0 aliphatic heterocycles. The molecule has 188 valence electrons. The summed E-state index contributed by atoms with van der Waals surface area (Å²) in [4.78, 5) is 27.6. The van der Waals surface area contributed by atoms with Gasteiger partial charge in [0.2, 0.25) is 0 Å². The lowest BCUT2D eigenvalue weighted by Gasteiger charge is -2.25. The van der Waals surface area contributed by atoms with Crippen LogP contribution >= 0.6 is 0 Å². The number of rotatable bonds is 8. The molecule has 0 heterocycles. The molecule has 0 saturated carbocycles. The largest absolute Gasteiger partial charge is 0.494 e. The van der Waals surface area contributed by atoms with Crippen molar-refractivity contribution in [3.63, 3.8) is 0 Å². The van der Waals surface area contributed by atoms with Gasteiger partial charge in [-0.05, 0) is 68.4 Å². The van der Waals surface area contributed by atoms with Gasteiger partial charge in [0, 0.05) is 22.5 Å². The zero-order valence-electron chi connectivity index (χ0n) is 21.0. The van der Waals surface area contributed by atoms with Crippen LogP contribution in [0.1, 0.15) is 51.3 Å². The zero-order valence-corrected chi connectivity index (χ0v) is 21.0. The highest BCUT2D eigenvalue weighted by Gasteiger charge is 2.35. The topological polar surface area (TPSA) is 100 Å². The number of ketones is 2. The summed E-state index contributed by atoms with van der Waals surface area (Å²) in [7, 11) is 0. The van der Waals surface area contributed by atoms with Gasteiger partial charge in [0.25, 0.3) is 0 Å². The Morgan fingerprint density at radius 2 is 1.21 bits per heavy atom. The van der Waals surface area contributed by atoms with Crippen molar-refractivity contribution in [3.05, 3.63) is 107 Å². The van der Waals surface area contributed by atoms with Crippen molar-refractivity contribution in [1.29, 1.82) is 5.26 Å². The molecule has 0 saturated heterocycles. The van der Waals surface area contributed by atoms with Gasteiger partial charge in [-0.3, -0.25) is 9.59 Å². The Morgan fingerprint density at radius 3 is 1.71 bits per heavy atom. The number of benzene rings is 4. The molecular weight excluding hydrogens is 478 g/mol. The summed E-state index contributed by atoms with van der Waals surface area (Å²) in [5, 5.41) is 16.6. The van der Waals surface area contributed by atoms with Crippen LogP contribution in [0.25, 0.3) is 0 Å². The van der Waals surface area contributed by atoms with Gasteiger partial charge in [-0.2, -0.15) is 5.26 Å². The third-order valence-corrected chi connectivity index (χ3v) is 6.20. The highest BCUT2D eigenvalue weighted by molar-refractivity contribution is 6.32. The molecular formula is C31H25N3O4. The number of fused-ring (bicyclic) bond motifs is 2. The van der Waals surface area contributed by atoms with E-state index in [0.717, 1.165) is 0 Å². The van der Waals surface area contributed by atoms with E-state index in [1.54, 1.807) is 54.6 Å². The molecule has 4 aromatic rings. The quantitative estimate of drug-likeness (QED) is 0.245. The SMILES string of the molecule is CCOc1ccc(Nc2cc(C#N)c(Nc3ccc(OCC)cc3)c3c2C(=O)c2ccccc2C3=O)cc1. The first-order valence-corrected chi connectivity index (χ1v) is 12.3. The van der Waals surface area contributed by atoms with Crippen LogP contribution in [0.15, 0.2) is 78.9 Å². The molecule has 0 spiro atoms. The molecule has 7 nitrogen and oxygen atoms in total. The van der Waals surface area contributed by atoms with Gasteiger partial charge in [0.1, 0.15) is 17.6 Å². The predicted molar refractivity (Wildman–Crippen MR) is 146 cm³/mol. The maximum absolute atomic E-state index is 13.8. The average molecular weight is 504 g/mol. The molecule has 0 atom stereocenters. The fourth-order valence-corrected chi connectivity index (χ4v) is 4.51. The Labute approximate surface area is 220 Å². The molecule has 38 heavy (non-hydrogen) atoms. The van der Waals surface area contributed by atoms with Crippen LogP contribution in [0.2, 0.25) is 0 Å². The highest BCUT2D eigenvalue weighted by Crippen LogP contribution is 2.41. The van der Waals surface area contributed by atoms with Crippen LogP contribution in [-0.4, -0.2) is 24.8 Å². The standard InChI is InChI=1S/C31H25N3O4/c1-3-37-22-13-9-20(10-14-22)33-26-17-19(18-32)29(34-21-11-15-23(16-12-21)38-4-2)28-27(26)30(35)24-7-5-6-8-25(24)31(28)36/h5-17,33-34H,3-4H2,1-2H3. The number of anilines is 4. The third-order valence-electron chi connectivity index (χ3n) is 6.20. The lowest BCUT2D eigenvalue weighted by molar-refractivity contribution is 0.0980. The third kappa shape index (κ3) is 4.56. The van der Waals surface area contributed by atoms with Crippen molar-refractivity contribution >= 4 is 34.3 Å². The minimum atomic E-state index is -0.324. The number of carbonyl (C=O) groups is 2. The Balaban J connectivity index is 1.65. The Bertz CT molecular complexity index is 1570. The van der Waals surface area contributed by atoms with E-state index in [1.165, 1.54) is 0 Å². The Kier molecular flexibility index (Phi) is 6.79. The van der Waals surface area contributed by atoms with Crippen molar-refractivity contribution in [2.24, 2.45) is 0 Å². The summed E-state index contributed by atoms with van der Waals surface area (Å²) < 4.78 is 11.0. The van der Waals surface area contributed by atoms with Crippen molar-refractivity contribution < 1.29 is 19.1 Å². The van der Waals surface area contributed by atoms with Gasteiger partial charge in [-0.25, -0.2) is 0 Å². The molecule has 0 radical (unpaired) electrons. The van der Waals surface area contributed by atoms with E-state index in [2.05, 4.69) is 16.7 Å². The lowest BCUT2D eigenvalue weighted by atomic mass is 9.81. The maximum atomic E-state index is 13.8. The maximum Gasteiger partial charge on any atom is 0.196 e. The molecule has 4 aromatic carbocycles. The molecule has 0 aromatic heterocycles. The minimum Gasteiger partial charge on any atom is -0.494 e. The molecule has 1 aliphatic carbocycles. The number of nitrogens with one attached hydrogen (secondary N) is 2. The number of ether oxygens (including phenoxy) is 2. The fraction of sp³-hybridized carbons (Fsp3) is 0.129. The summed E-state index contributed by atoms with van der Waals surface area (Å²) in [5.41, 5.74) is 3.25. The van der Waals surface area contributed by atoms with E-state index >= 15 is 0 Å². The number of hydrogen-bond donors (Lipinski definition) is 2. The fourth-order valence-electron chi connectivity index (χ4n) is 4.51. The van der Waals surface area contributed by atoms with Crippen LogP contribution in [-0.2, 0) is 0 Å². The summed E-state index contributed by atoms with van der Waals surface area (Å²) >= 11 is 0. The van der Waals surface area contributed by atoms with Gasteiger partial charge >= 0.3 is 0 Å². The normalized spacial score (nSPS) is 11.7. The van der Waals surface area contributed by atoms with Crippen LogP contribution in [0.3, 0.4) is 0 Å². The van der Waals surface area contributed by atoms with Crippen molar-refractivity contribution in [1.82, 2.24) is 0 Å². The minimum absolute atomic E-state index is 0.162. The molecule has 1 aliphatic rings. The van der Waals surface area contributed by atoms with Crippen LogP contribution in [0.5, 0.6) is 11.5 Å². The summed E-state index contributed by atoms with van der Waals surface area (Å²) in [6.45, 7) is 4.90. The molecule has 7 heteroatoms. The van der Waals surface area contributed by atoms with E-state index in [9.17, 15) is 14.9 Å². The summed E-state index contributed by atoms with van der Waals surface area (Å²) in [6.07, 6.45) is 0. The second-order valence-corrected chi connectivity index (χ2v) is 8.58. The smallest absolute Gasteiger partial charge is 0.196 e. The van der Waals surface area contributed by atoms with E-state index in [-0.39, 0.29) is 33.9 Å². The van der Waals surface area contributed by atoms with E-state index in [0.29, 0.717) is 52.9 Å². The molecule has 0 fully saturated rings. The monoisotopic (exact) mass is 503 g/mol. The second kappa shape index (κ2) is 10.5. The van der Waals surface area contributed by atoms with Gasteiger partial charge in [0.05, 0.1) is 41.3 Å². The van der Waals surface area contributed by atoms with E-state index in [1.807, 2.05) is 38.1 Å². The summed E-state index contributed by atoms with van der Waals surface area (Å²) in [6, 6.07) is 25.0. The first-order valence-electron chi connectivity index (χ1n) is 12.3. The van der Waals surface area contributed by atoms with Crippen molar-refractivity contribution in [2.75, 3.05) is 23.8 Å². The van der Waals surface area contributed by atoms with Crippen LogP contribution in [0.4, 0.5) is 22.7 Å².